The number of aryl methyl sites for hydroxylation is 1. The summed E-state index contributed by atoms with van der Waals surface area (Å²) in [5, 5.41) is 3.63. The molecule has 2 aromatic rings. The highest BCUT2D eigenvalue weighted by atomic mass is 16.5. The van der Waals surface area contributed by atoms with E-state index in [0.717, 1.165) is 31.7 Å². The van der Waals surface area contributed by atoms with Crippen LogP contribution < -0.4 is 10.1 Å². The van der Waals surface area contributed by atoms with Gasteiger partial charge in [0.1, 0.15) is 5.75 Å². The maximum absolute atomic E-state index is 5.85. The summed E-state index contributed by atoms with van der Waals surface area (Å²) >= 11 is 0. The van der Waals surface area contributed by atoms with Crippen molar-refractivity contribution in [2.24, 2.45) is 0 Å². The van der Waals surface area contributed by atoms with Crippen molar-refractivity contribution >= 4 is 0 Å². The SMILES string of the molecule is CCCCCCCOc1ccc(C(C)NCCc2ccccc2C)cc1. The number of rotatable bonds is 12. The first-order chi connectivity index (χ1) is 12.7. The van der Waals surface area contributed by atoms with Crippen molar-refractivity contribution in [3.63, 3.8) is 0 Å². The molecule has 0 fully saturated rings. The zero-order valence-electron chi connectivity index (χ0n) is 16.8. The number of benzene rings is 2. The summed E-state index contributed by atoms with van der Waals surface area (Å²) in [5.74, 6) is 0.983. The smallest absolute Gasteiger partial charge is 0.119 e. The van der Waals surface area contributed by atoms with E-state index in [0.29, 0.717) is 6.04 Å². The maximum Gasteiger partial charge on any atom is 0.119 e. The number of unbranched alkanes of at least 4 members (excludes halogenated alkanes) is 4. The molecule has 0 aliphatic heterocycles. The van der Waals surface area contributed by atoms with E-state index >= 15 is 0 Å². The lowest BCUT2D eigenvalue weighted by molar-refractivity contribution is 0.304. The van der Waals surface area contributed by atoms with Gasteiger partial charge in [-0.2, -0.15) is 0 Å². The first kappa shape index (κ1) is 20.5. The van der Waals surface area contributed by atoms with E-state index in [2.05, 4.69) is 74.6 Å². The lowest BCUT2D eigenvalue weighted by Crippen LogP contribution is -2.21. The standard InChI is InChI=1S/C24H35NO/c1-4-5-6-7-10-19-26-24-15-13-23(14-16-24)21(3)25-18-17-22-12-9-8-11-20(22)2/h8-9,11-16,21,25H,4-7,10,17-19H2,1-3H3. The molecule has 0 bridgehead atoms. The lowest BCUT2D eigenvalue weighted by atomic mass is 10.0. The largest absolute Gasteiger partial charge is 0.494 e. The Bertz CT molecular complexity index is 620. The van der Waals surface area contributed by atoms with E-state index < -0.39 is 0 Å². The minimum atomic E-state index is 0.349. The normalized spacial score (nSPS) is 12.1. The van der Waals surface area contributed by atoms with E-state index in [1.807, 2.05) is 0 Å². The Balaban J connectivity index is 1.69. The molecule has 26 heavy (non-hydrogen) atoms. The van der Waals surface area contributed by atoms with Crippen LogP contribution in [0.3, 0.4) is 0 Å². The van der Waals surface area contributed by atoms with Gasteiger partial charge in [0.25, 0.3) is 0 Å². The summed E-state index contributed by atoms with van der Waals surface area (Å²) in [6.45, 7) is 8.47. The Hall–Kier alpha value is -1.80. The molecule has 2 nitrogen and oxygen atoms in total. The van der Waals surface area contributed by atoms with Gasteiger partial charge >= 0.3 is 0 Å². The van der Waals surface area contributed by atoms with Crippen LogP contribution in [0.4, 0.5) is 0 Å². The van der Waals surface area contributed by atoms with Gasteiger partial charge in [-0.15, -0.1) is 0 Å². The number of nitrogens with one attached hydrogen (secondary N) is 1. The summed E-state index contributed by atoms with van der Waals surface area (Å²) in [5.41, 5.74) is 4.11. The van der Waals surface area contributed by atoms with Crippen LogP contribution in [-0.4, -0.2) is 13.2 Å². The molecule has 0 saturated carbocycles. The monoisotopic (exact) mass is 353 g/mol. The molecule has 1 N–H and O–H groups in total. The highest BCUT2D eigenvalue weighted by Crippen LogP contribution is 2.18. The van der Waals surface area contributed by atoms with Gasteiger partial charge in [-0.3, -0.25) is 0 Å². The molecule has 0 saturated heterocycles. The van der Waals surface area contributed by atoms with Gasteiger partial charge in [0.2, 0.25) is 0 Å². The van der Waals surface area contributed by atoms with E-state index in [1.165, 1.54) is 42.4 Å². The van der Waals surface area contributed by atoms with Crippen molar-refractivity contribution < 1.29 is 4.74 Å². The fourth-order valence-corrected chi connectivity index (χ4v) is 3.18. The summed E-state index contributed by atoms with van der Waals surface area (Å²) in [7, 11) is 0. The van der Waals surface area contributed by atoms with Crippen molar-refractivity contribution in [3.05, 3.63) is 65.2 Å². The summed E-state index contributed by atoms with van der Waals surface area (Å²) in [6, 6.07) is 17.5. The van der Waals surface area contributed by atoms with Gasteiger partial charge in [-0.25, -0.2) is 0 Å². The summed E-state index contributed by atoms with van der Waals surface area (Å²) < 4.78 is 5.85. The Morgan fingerprint density at radius 1 is 0.923 bits per heavy atom. The van der Waals surface area contributed by atoms with E-state index in [-0.39, 0.29) is 0 Å². The fraction of sp³-hybridized carbons (Fsp3) is 0.500. The van der Waals surface area contributed by atoms with Crippen LogP contribution in [0.15, 0.2) is 48.5 Å². The predicted molar refractivity (Wildman–Crippen MR) is 112 cm³/mol. The zero-order valence-corrected chi connectivity index (χ0v) is 16.8. The van der Waals surface area contributed by atoms with Crippen molar-refractivity contribution in [1.82, 2.24) is 5.32 Å². The summed E-state index contributed by atoms with van der Waals surface area (Å²) in [4.78, 5) is 0. The van der Waals surface area contributed by atoms with Crippen molar-refractivity contribution in [1.29, 1.82) is 0 Å². The van der Waals surface area contributed by atoms with Crippen LogP contribution >= 0.6 is 0 Å². The molecule has 1 unspecified atom stereocenters. The molecular weight excluding hydrogens is 318 g/mol. The van der Waals surface area contributed by atoms with Gasteiger partial charge < -0.3 is 10.1 Å². The van der Waals surface area contributed by atoms with E-state index in [9.17, 15) is 0 Å². The predicted octanol–water partition coefficient (Wildman–Crippen LogP) is 6.24. The van der Waals surface area contributed by atoms with E-state index in [1.54, 1.807) is 0 Å². The Kier molecular flexibility index (Phi) is 9.27. The van der Waals surface area contributed by atoms with Gasteiger partial charge in [0.05, 0.1) is 6.61 Å². The second kappa shape index (κ2) is 11.7. The minimum Gasteiger partial charge on any atom is -0.494 e. The minimum absolute atomic E-state index is 0.349. The molecule has 2 aromatic carbocycles. The van der Waals surface area contributed by atoms with Gasteiger partial charge in [0.15, 0.2) is 0 Å². The highest BCUT2D eigenvalue weighted by Gasteiger charge is 2.05. The molecule has 142 valence electrons. The third kappa shape index (κ3) is 7.21. The lowest BCUT2D eigenvalue weighted by Gasteiger charge is -2.15. The third-order valence-electron chi connectivity index (χ3n) is 5.00. The molecule has 0 aliphatic rings. The molecule has 1 atom stereocenters. The van der Waals surface area contributed by atoms with Gasteiger partial charge in [-0.05, 0) is 62.1 Å². The van der Waals surface area contributed by atoms with Crippen LogP contribution in [0.25, 0.3) is 0 Å². The third-order valence-corrected chi connectivity index (χ3v) is 5.00. The molecule has 0 aliphatic carbocycles. The molecule has 0 spiro atoms. The topological polar surface area (TPSA) is 21.3 Å². The second-order valence-corrected chi connectivity index (χ2v) is 7.18. The highest BCUT2D eigenvalue weighted by molar-refractivity contribution is 5.29. The average molecular weight is 354 g/mol. The summed E-state index contributed by atoms with van der Waals surface area (Å²) in [6.07, 6.45) is 7.44. The van der Waals surface area contributed by atoms with Crippen LogP contribution in [-0.2, 0) is 6.42 Å². The number of ether oxygens (including phenoxy) is 1. The van der Waals surface area contributed by atoms with Crippen molar-refractivity contribution in [2.45, 2.75) is 65.3 Å². The molecule has 0 amide bonds. The van der Waals surface area contributed by atoms with Crippen LogP contribution in [0.1, 0.15) is 68.7 Å². The van der Waals surface area contributed by atoms with Crippen LogP contribution in [0.5, 0.6) is 5.75 Å². The van der Waals surface area contributed by atoms with Crippen molar-refractivity contribution in [2.75, 3.05) is 13.2 Å². The first-order valence-corrected chi connectivity index (χ1v) is 10.2. The quantitative estimate of drug-likeness (QED) is 0.456. The Morgan fingerprint density at radius 3 is 2.38 bits per heavy atom. The first-order valence-electron chi connectivity index (χ1n) is 10.2. The molecule has 0 heterocycles. The molecule has 0 aromatic heterocycles. The maximum atomic E-state index is 5.85. The average Bonchev–Trinajstić information content (AvgIpc) is 2.66. The molecular formula is C24H35NO. The number of hydrogen-bond acceptors (Lipinski definition) is 2. The van der Waals surface area contributed by atoms with Gasteiger partial charge in [0, 0.05) is 6.04 Å². The Morgan fingerprint density at radius 2 is 1.65 bits per heavy atom. The van der Waals surface area contributed by atoms with Crippen LogP contribution in [0.2, 0.25) is 0 Å². The van der Waals surface area contributed by atoms with Crippen molar-refractivity contribution in [3.8, 4) is 5.75 Å². The zero-order chi connectivity index (χ0) is 18.6. The number of hydrogen-bond donors (Lipinski definition) is 1. The van der Waals surface area contributed by atoms with Gasteiger partial charge in [-0.1, -0.05) is 69.0 Å². The molecule has 2 heteroatoms. The second-order valence-electron chi connectivity index (χ2n) is 7.18. The molecule has 0 radical (unpaired) electrons. The fourth-order valence-electron chi connectivity index (χ4n) is 3.18. The molecule has 2 rings (SSSR count). The Labute approximate surface area is 160 Å². The van der Waals surface area contributed by atoms with Crippen LogP contribution in [0, 0.1) is 6.92 Å². The van der Waals surface area contributed by atoms with E-state index in [4.69, 9.17) is 4.74 Å².